The first-order valence-electron chi connectivity index (χ1n) is 27.2. The summed E-state index contributed by atoms with van der Waals surface area (Å²) in [5.74, 6) is 3.29. The third kappa shape index (κ3) is 17.7. The summed E-state index contributed by atoms with van der Waals surface area (Å²) < 4.78 is 11.3. The topological polar surface area (TPSA) is 123 Å². The minimum absolute atomic E-state index is 0.141. The number of hydrogen-bond acceptors (Lipinski definition) is 12. The van der Waals surface area contributed by atoms with Crippen LogP contribution in [0.2, 0.25) is 10.0 Å². The van der Waals surface area contributed by atoms with Gasteiger partial charge in [0.1, 0.15) is 34.2 Å². The third-order valence-electron chi connectivity index (χ3n) is 13.7. The highest BCUT2D eigenvalue weighted by Gasteiger charge is 2.27. The summed E-state index contributed by atoms with van der Waals surface area (Å²) in [6, 6.07) is 34.3. The van der Waals surface area contributed by atoms with E-state index in [0.29, 0.717) is 25.2 Å². The molecule has 12 nitrogen and oxygen atoms in total. The number of pyridine rings is 2. The molecule has 0 aliphatic carbocycles. The summed E-state index contributed by atoms with van der Waals surface area (Å²) in [6.45, 7) is 27.9. The highest BCUT2D eigenvalue weighted by Crippen LogP contribution is 2.37. The van der Waals surface area contributed by atoms with Crippen LogP contribution < -0.4 is 51.2 Å². The van der Waals surface area contributed by atoms with E-state index in [2.05, 4.69) is 128 Å². The average molecular weight is 1060 g/mol. The lowest BCUT2D eigenvalue weighted by molar-refractivity contribution is 0.304. The van der Waals surface area contributed by atoms with Crippen LogP contribution in [0.4, 0.5) is 23.0 Å². The van der Waals surface area contributed by atoms with E-state index in [1.54, 1.807) is 14.2 Å². The quantitative estimate of drug-likeness (QED) is 0.0660. The monoisotopic (exact) mass is 1060 g/mol. The van der Waals surface area contributed by atoms with Crippen LogP contribution in [0.1, 0.15) is 112 Å². The second kappa shape index (κ2) is 26.3. The van der Waals surface area contributed by atoms with Crippen molar-refractivity contribution in [3.63, 3.8) is 0 Å². The van der Waals surface area contributed by atoms with E-state index in [9.17, 15) is 0 Å². The van der Waals surface area contributed by atoms with E-state index < -0.39 is 0 Å². The number of fused-ring (bicyclic) bond motifs is 2. The van der Waals surface area contributed by atoms with Gasteiger partial charge in [-0.15, -0.1) is 0 Å². The van der Waals surface area contributed by atoms with Gasteiger partial charge in [-0.1, -0.05) is 71.7 Å². The fourth-order valence-corrected chi connectivity index (χ4v) is 10.6. The van der Waals surface area contributed by atoms with E-state index in [4.69, 9.17) is 42.6 Å². The SMILES string of the molecule is CC(C)(C)NC1CCNCC1.COc1cccc2c(N3CCC(NC(C)(C)C)CC3)cc(NCc3ccc(Cl)cc3)nc12.COc1cccc2c(N3CCC(NC(C)(C)C)CC3)cc(NCc3ccc(Cl)cc3)nc12. The number of methoxy groups -OCH3 is 2. The van der Waals surface area contributed by atoms with Crippen LogP contribution in [0.3, 0.4) is 0 Å². The van der Waals surface area contributed by atoms with Crippen LogP contribution in [0, 0.1) is 0 Å². The molecule has 3 fully saturated rings. The van der Waals surface area contributed by atoms with Gasteiger partial charge in [-0.2, -0.15) is 0 Å². The summed E-state index contributed by atoms with van der Waals surface area (Å²) in [5.41, 5.74) is 7.08. The zero-order chi connectivity index (χ0) is 53.8. The molecule has 6 aromatic rings. The Labute approximate surface area is 458 Å². The van der Waals surface area contributed by atoms with Crippen molar-refractivity contribution in [3.8, 4) is 11.5 Å². The number of nitrogens with zero attached hydrogens (tertiary/aromatic N) is 4. The number of halogens is 2. The molecule has 0 bridgehead atoms. The molecule has 0 spiro atoms. The molecule has 5 heterocycles. The lowest BCUT2D eigenvalue weighted by Crippen LogP contribution is -2.49. The second-order valence-corrected chi connectivity index (χ2v) is 24.3. The normalized spacial score (nSPS) is 16.2. The van der Waals surface area contributed by atoms with E-state index in [-0.39, 0.29) is 16.6 Å². The number of rotatable bonds is 13. The molecule has 406 valence electrons. The minimum Gasteiger partial charge on any atom is -0.494 e. The summed E-state index contributed by atoms with van der Waals surface area (Å²) in [6.07, 6.45) is 7.04. The summed E-state index contributed by atoms with van der Waals surface area (Å²) in [4.78, 5) is 14.8. The molecule has 3 aliphatic rings. The van der Waals surface area contributed by atoms with E-state index in [1.165, 1.54) is 37.3 Å². The fraction of sp³-hybridized carbons (Fsp3) is 0.508. The van der Waals surface area contributed by atoms with Crippen molar-refractivity contribution in [1.82, 2.24) is 31.2 Å². The smallest absolute Gasteiger partial charge is 0.145 e. The predicted octanol–water partition coefficient (Wildman–Crippen LogP) is 12.9. The number of para-hydroxylation sites is 2. The maximum absolute atomic E-state index is 6.02. The van der Waals surface area contributed by atoms with Crippen molar-refractivity contribution in [2.24, 2.45) is 0 Å². The summed E-state index contributed by atoms with van der Waals surface area (Å²) in [7, 11) is 3.40. The molecule has 3 saturated heterocycles. The van der Waals surface area contributed by atoms with Crippen LogP contribution >= 0.6 is 23.2 Å². The molecule has 6 N–H and O–H groups in total. The zero-order valence-corrected chi connectivity index (χ0v) is 48.2. The van der Waals surface area contributed by atoms with Crippen LogP contribution in [-0.2, 0) is 13.1 Å². The molecule has 0 radical (unpaired) electrons. The van der Waals surface area contributed by atoms with Crippen molar-refractivity contribution in [3.05, 3.63) is 118 Å². The Hall–Kier alpha value is -5.08. The average Bonchev–Trinajstić information content (AvgIpc) is 3.37. The van der Waals surface area contributed by atoms with Gasteiger partial charge in [0.2, 0.25) is 0 Å². The van der Waals surface area contributed by atoms with Gasteiger partial charge in [0.25, 0.3) is 0 Å². The molecular weight excluding hydrogens is 976 g/mol. The molecule has 0 unspecified atom stereocenters. The predicted molar refractivity (Wildman–Crippen MR) is 319 cm³/mol. The molecule has 4 aromatic carbocycles. The van der Waals surface area contributed by atoms with Gasteiger partial charge in [-0.05, 0) is 161 Å². The molecule has 14 heteroatoms. The Bertz CT molecular complexity index is 2540. The molecule has 0 atom stereocenters. The summed E-state index contributed by atoms with van der Waals surface area (Å²) >= 11 is 12.0. The fourth-order valence-electron chi connectivity index (χ4n) is 10.4. The van der Waals surface area contributed by atoms with Crippen LogP contribution in [-0.4, -0.2) is 98.2 Å². The number of anilines is 4. The van der Waals surface area contributed by atoms with Crippen molar-refractivity contribution in [1.29, 1.82) is 0 Å². The van der Waals surface area contributed by atoms with Crippen molar-refractivity contribution in [2.75, 3.05) is 73.9 Å². The summed E-state index contributed by atoms with van der Waals surface area (Å²) in [5, 5.41) is 25.2. The Morgan fingerprint density at radius 2 is 0.853 bits per heavy atom. The van der Waals surface area contributed by atoms with Gasteiger partial charge in [0.05, 0.1) is 14.2 Å². The minimum atomic E-state index is 0.141. The maximum atomic E-state index is 6.02. The van der Waals surface area contributed by atoms with Gasteiger partial charge >= 0.3 is 0 Å². The number of hydrogen-bond donors (Lipinski definition) is 6. The van der Waals surface area contributed by atoms with Gasteiger partial charge in [-0.25, -0.2) is 9.97 Å². The van der Waals surface area contributed by atoms with Gasteiger partial charge < -0.3 is 51.2 Å². The molecule has 75 heavy (non-hydrogen) atoms. The molecule has 2 aromatic heterocycles. The maximum Gasteiger partial charge on any atom is 0.145 e. The van der Waals surface area contributed by atoms with Crippen molar-refractivity contribution >= 4 is 68.0 Å². The van der Waals surface area contributed by atoms with E-state index >= 15 is 0 Å². The molecule has 9 rings (SSSR count). The lowest BCUT2D eigenvalue weighted by atomic mass is 9.99. The zero-order valence-electron chi connectivity index (χ0n) is 46.7. The standard InChI is InChI=1S/2C26H33ClN4O.C9H20N2/c2*1-26(2,3)30-20-12-14-31(15-13-20)22-16-24(28-17-18-8-10-19(27)11-9-18)29-25-21(22)6-5-7-23(25)32-4;1-9(2,3)11-8-4-6-10-7-5-8/h2*5-11,16,20,30H,12-15,17H2,1-4H3,(H,28,29);8,10-11H,4-7H2,1-3H3. The molecule has 0 saturated carbocycles. The van der Waals surface area contributed by atoms with E-state index in [0.717, 1.165) is 124 Å². The van der Waals surface area contributed by atoms with Crippen LogP contribution in [0.5, 0.6) is 11.5 Å². The first-order valence-corrected chi connectivity index (χ1v) is 27.9. The number of nitrogens with one attached hydrogen (secondary N) is 6. The number of piperidine rings is 3. The van der Waals surface area contributed by atoms with Crippen LogP contribution in [0.15, 0.2) is 97.1 Å². The first-order chi connectivity index (χ1) is 35.7. The highest BCUT2D eigenvalue weighted by molar-refractivity contribution is 6.30. The lowest BCUT2D eigenvalue weighted by Gasteiger charge is -2.37. The Balaban J connectivity index is 0.000000182. The first kappa shape index (κ1) is 57.6. The second-order valence-electron chi connectivity index (χ2n) is 23.5. The molecule has 3 aliphatic heterocycles. The van der Waals surface area contributed by atoms with Crippen molar-refractivity contribution < 1.29 is 9.47 Å². The Morgan fingerprint density at radius 3 is 1.19 bits per heavy atom. The van der Waals surface area contributed by atoms with Gasteiger partial charge in [0, 0.05) is 118 Å². The molecular formula is C61H86Cl2N10O2. The number of aromatic nitrogens is 2. The van der Waals surface area contributed by atoms with E-state index in [1.807, 2.05) is 72.8 Å². The largest absolute Gasteiger partial charge is 0.494 e. The van der Waals surface area contributed by atoms with Crippen LogP contribution in [0.25, 0.3) is 21.8 Å². The Kier molecular flexibility index (Phi) is 20.2. The molecule has 0 amide bonds. The Morgan fingerprint density at radius 1 is 0.507 bits per heavy atom. The van der Waals surface area contributed by atoms with Gasteiger partial charge in [-0.3, -0.25) is 0 Å². The van der Waals surface area contributed by atoms with Gasteiger partial charge in [0.15, 0.2) is 0 Å². The highest BCUT2D eigenvalue weighted by atomic mass is 35.5. The number of ether oxygens (including phenoxy) is 2. The van der Waals surface area contributed by atoms with Crippen molar-refractivity contribution in [2.45, 2.75) is 149 Å². The third-order valence-corrected chi connectivity index (χ3v) is 14.2. The number of benzene rings is 4.